The molecule has 14 heavy (non-hydrogen) atoms. The maximum absolute atomic E-state index is 5.64. The Kier molecular flexibility index (Phi) is 2.26. The van der Waals surface area contributed by atoms with Gasteiger partial charge >= 0.3 is 0 Å². The van der Waals surface area contributed by atoms with Gasteiger partial charge in [0.15, 0.2) is 5.82 Å². The van der Waals surface area contributed by atoms with Crippen LogP contribution in [0.5, 0.6) is 0 Å². The monoisotopic (exact) mass is 190 g/mol. The van der Waals surface area contributed by atoms with Crippen molar-refractivity contribution in [3.05, 3.63) is 30.7 Å². The third kappa shape index (κ3) is 1.79. The zero-order valence-corrected chi connectivity index (χ0v) is 7.44. The van der Waals surface area contributed by atoms with Crippen molar-refractivity contribution in [1.82, 2.24) is 19.9 Å². The molecule has 0 atom stereocenters. The predicted molar refractivity (Wildman–Crippen MR) is 52.4 cm³/mol. The van der Waals surface area contributed by atoms with Gasteiger partial charge in [0.25, 0.3) is 0 Å². The maximum atomic E-state index is 5.64. The first kappa shape index (κ1) is 8.49. The number of hydrogen-bond donors (Lipinski definition) is 3. The van der Waals surface area contributed by atoms with Gasteiger partial charge in [0.2, 0.25) is 0 Å². The number of nitrogens with one attached hydrogen (secondary N) is 2. The quantitative estimate of drug-likeness (QED) is 0.651. The summed E-state index contributed by atoms with van der Waals surface area (Å²) < 4.78 is 0. The highest BCUT2D eigenvalue weighted by atomic mass is 15.1. The molecule has 0 saturated heterocycles. The highest BCUT2D eigenvalue weighted by Crippen LogP contribution is 2.11. The van der Waals surface area contributed by atoms with Gasteiger partial charge in [-0.2, -0.15) is 0 Å². The first-order valence-corrected chi connectivity index (χ1v) is 4.14. The van der Waals surface area contributed by atoms with Gasteiger partial charge in [-0.25, -0.2) is 15.0 Å². The van der Waals surface area contributed by atoms with E-state index in [1.807, 2.05) is 0 Å². The summed E-state index contributed by atoms with van der Waals surface area (Å²) in [7, 11) is 0. The molecule has 2 aromatic rings. The largest absolute Gasteiger partial charge is 0.394 e. The van der Waals surface area contributed by atoms with Crippen LogP contribution >= 0.6 is 0 Å². The topological polar surface area (TPSA) is 92.5 Å². The van der Waals surface area contributed by atoms with E-state index >= 15 is 0 Å². The van der Waals surface area contributed by atoms with Gasteiger partial charge in [-0.3, -0.25) is 0 Å². The number of anilines is 2. The zero-order chi connectivity index (χ0) is 9.80. The molecule has 0 saturated carbocycles. The number of aromatic nitrogens is 4. The standard InChI is InChI=1S/C8H10N6/c9-6-3-10-5-14-8(6)13-4-7-11-1-2-12-7/h1-3,5H,4,9H2,(H,11,12)(H,10,13,14). The average Bonchev–Trinajstić information content (AvgIpc) is 2.69. The Labute approximate surface area is 80.6 Å². The van der Waals surface area contributed by atoms with Gasteiger partial charge in [0.05, 0.1) is 18.4 Å². The van der Waals surface area contributed by atoms with Crippen LogP contribution in [0.4, 0.5) is 11.5 Å². The molecular weight excluding hydrogens is 180 g/mol. The van der Waals surface area contributed by atoms with Crippen molar-refractivity contribution in [3.63, 3.8) is 0 Å². The summed E-state index contributed by atoms with van der Waals surface area (Å²) in [6.07, 6.45) is 6.46. The fourth-order valence-corrected chi connectivity index (χ4v) is 1.05. The summed E-state index contributed by atoms with van der Waals surface area (Å²) in [5.74, 6) is 1.46. The van der Waals surface area contributed by atoms with Gasteiger partial charge in [-0.05, 0) is 0 Å². The van der Waals surface area contributed by atoms with Crippen molar-refractivity contribution in [3.8, 4) is 0 Å². The van der Waals surface area contributed by atoms with Crippen molar-refractivity contribution in [2.75, 3.05) is 11.1 Å². The highest BCUT2D eigenvalue weighted by molar-refractivity contribution is 5.58. The normalized spacial score (nSPS) is 10.0. The van der Waals surface area contributed by atoms with Crippen LogP contribution in [0.1, 0.15) is 5.82 Å². The number of H-pyrrole nitrogens is 1. The molecular formula is C8H10N6. The minimum Gasteiger partial charge on any atom is -0.394 e. The molecule has 0 aliphatic rings. The van der Waals surface area contributed by atoms with Crippen molar-refractivity contribution in [2.45, 2.75) is 6.54 Å². The first-order valence-electron chi connectivity index (χ1n) is 4.14. The Balaban J connectivity index is 2.02. The minimum absolute atomic E-state index is 0.527. The smallest absolute Gasteiger partial charge is 0.153 e. The van der Waals surface area contributed by atoms with E-state index in [2.05, 4.69) is 25.3 Å². The second-order valence-electron chi connectivity index (χ2n) is 2.72. The summed E-state index contributed by atoms with van der Waals surface area (Å²) >= 11 is 0. The lowest BCUT2D eigenvalue weighted by Crippen LogP contribution is -2.05. The average molecular weight is 190 g/mol. The number of imidazole rings is 1. The van der Waals surface area contributed by atoms with E-state index in [0.717, 1.165) is 5.82 Å². The van der Waals surface area contributed by atoms with Crippen molar-refractivity contribution in [1.29, 1.82) is 0 Å². The minimum atomic E-state index is 0.527. The van der Waals surface area contributed by atoms with Crippen LogP contribution in [-0.2, 0) is 6.54 Å². The van der Waals surface area contributed by atoms with Gasteiger partial charge in [-0.1, -0.05) is 0 Å². The Morgan fingerprint density at radius 2 is 2.36 bits per heavy atom. The number of nitrogens with zero attached hydrogens (tertiary/aromatic N) is 3. The molecule has 0 fully saturated rings. The van der Waals surface area contributed by atoms with Crippen LogP contribution in [0.15, 0.2) is 24.9 Å². The van der Waals surface area contributed by atoms with Crippen LogP contribution in [0.25, 0.3) is 0 Å². The zero-order valence-electron chi connectivity index (χ0n) is 7.44. The van der Waals surface area contributed by atoms with Crippen LogP contribution < -0.4 is 11.1 Å². The molecule has 2 heterocycles. The van der Waals surface area contributed by atoms with Crippen LogP contribution in [0, 0.1) is 0 Å². The molecule has 0 radical (unpaired) electrons. The second kappa shape index (κ2) is 3.73. The van der Waals surface area contributed by atoms with E-state index < -0.39 is 0 Å². The molecule has 2 rings (SSSR count). The molecule has 0 bridgehead atoms. The number of hydrogen-bond acceptors (Lipinski definition) is 5. The molecule has 6 nitrogen and oxygen atoms in total. The summed E-state index contributed by atoms with van der Waals surface area (Å²) in [4.78, 5) is 14.8. The molecule has 2 aromatic heterocycles. The molecule has 0 aliphatic carbocycles. The van der Waals surface area contributed by atoms with Gasteiger partial charge < -0.3 is 16.0 Å². The highest BCUT2D eigenvalue weighted by Gasteiger charge is 1.99. The molecule has 0 aromatic carbocycles. The van der Waals surface area contributed by atoms with Gasteiger partial charge in [-0.15, -0.1) is 0 Å². The Bertz CT molecular complexity index is 396. The maximum Gasteiger partial charge on any atom is 0.153 e. The van der Waals surface area contributed by atoms with E-state index in [1.165, 1.54) is 6.33 Å². The Morgan fingerprint density at radius 1 is 1.43 bits per heavy atom. The molecule has 0 unspecified atom stereocenters. The lowest BCUT2D eigenvalue weighted by molar-refractivity contribution is 0.984. The summed E-state index contributed by atoms with van der Waals surface area (Å²) in [5, 5.41) is 3.05. The molecule has 72 valence electrons. The lowest BCUT2D eigenvalue weighted by atomic mass is 10.4. The van der Waals surface area contributed by atoms with Crippen LogP contribution in [-0.4, -0.2) is 19.9 Å². The number of aromatic amines is 1. The van der Waals surface area contributed by atoms with E-state index in [0.29, 0.717) is 18.1 Å². The van der Waals surface area contributed by atoms with Crippen molar-refractivity contribution < 1.29 is 0 Å². The molecule has 0 amide bonds. The molecule has 4 N–H and O–H groups in total. The van der Waals surface area contributed by atoms with E-state index in [4.69, 9.17) is 5.73 Å². The Hall–Kier alpha value is -2.11. The summed E-state index contributed by atoms with van der Waals surface area (Å²) in [5.41, 5.74) is 6.17. The first-order chi connectivity index (χ1) is 6.86. The van der Waals surface area contributed by atoms with E-state index in [9.17, 15) is 0 Å². The third-order valence-electron chi connectivity index (χ3n) is 1.72. The third-order valence-corrected chi connectivity index (χ3v) is 1.72. The van der Waals surface area contributed by atoms with E-state index in [-0.39, 0.29) is 0 Å². The Morgan fingerprint density at radius 3 is 3.07 bits per heavy atom. The second-order valence-corrected chi connectivity index (χ2v) is 2.72. The number of nitrogen functional groups attached to an aromatic ring is 1. The van der Waals surface area contributed by atoms with Crippen molar-refractivity contribution >= 4 is 11.5 Å². The molecule has 0 spiro atoms. The van der Waals surface area contributed by atoms with Crippen molar-refractivity contribution in [2.24, 2.45) is 0 Å². The predicted octanol–water partition coefficient (Wildman–Crippen LogP) is 0.394. The van der Waals surface area contributed by atoms with E-state index in [1.54, 1.807) is 18.6 Å². The SMILES string of the molecule is Nc1cncnc1NCc1ncc[nH]1. The summed E-state index contributed by atoms with van der Waals surface area (Å²) in [6, 6.07) is 0. The lowest BCUT2D eigenvalue weighted by Gasteiger charge is -2.04. The van der Waals surface area contributed by atoms with Crippen LogP contribution in [0.3, 0.4) is 0 Å². The molecule has 0 aliphatic heterocycles. The molecule has 6 heteroatoms. The number of rotatable bonds is 3. The van der Waals surface area contributed by atoms with Crippen LogP contribution in [0.2, 0.25) is 0 Å². The fourth-order valence-electron chi connectivity index (χ4n) is 1.05. The number of nitrogens with two attached hydrogens (primary N) is 1. The van der Waals surface area contributed by atoms with Gasteiger partial charge in [0, 0.05) is 12.4 Å². The van der Waals surface area contributed by atoms with Gasteiger partial charge in [0.1, 0.15) is 12.2 Å². The summed E-state index contributed by atoms with van der Waals surface area (Å²) in [6.45, 7) is 0.564. The fraction of sp³-hybridized carbons (Fsp3) is 0.125.